The van der Waals surface area contributed by atoms with Crippen LogP contribution in [-0.2, 0) is 0 Å². The van der Waals surface area contributed by atoms with E-state index in [1.807, 2.05) is 18.2 Å². The van der Waals surface area contributed by atoms with Gasteiger partial charge < -0.3 is 10.1 Å². The SMILES string of the molecule is CCCNC(C)c1ccc(-c2nccnc2OC)cc1Cl. The van der Waals surface area contributed by atoms with E-state index in [0.717, 1.165) is 29.1 Å². The van der Waals surface area contributed by atoms with Gasteiger partial charge in [0.25, 0.3) is 0 Å². The summed E-state index contributed by atoms with van der Waals surface area (Å²) in [6, 6.07) is 6.15. The molecule has 0 aliphatic rings. The van der Waals surface area contributed by atoms with Gasteiger partial charge in [-0.2, -0.15) is 0 Å². The molecular formula is C16H20ClN3O. The maximum Gasteiger partial charge on any atom is 0.240 e. The monoisotopic (exact) mass is 305 g/mol. The largest absolute Gasteiger partial charge is 0.479 e. The summed E-state index contributed by atoms with van der Waals surface area (Å²) in [5, 5.41) is 4.15. The first kappa shape index (κ1) is 15.7. The highest BCUT2D eigenvalue weighted by atomic mass is 35.5. The average Bonchev–Trinajstić information content (AvgIpc) is 2.52. The van der Waals surface area contributed by atoms with E-state index in [9.17, 15) is 0 Å². The molecule has 0 spiro atoms. The number of aromatic nitrogens is 2. The van der Waals surface area contributed by atoms with Crippen molar-refractivity contribution >= 4 is 11.6 Å². The number of hydrogen-bond donors (Lipinski definition) is 1. The van der Waals surface area contributed by atoms with Crippen LogP contribution in [0, 0.1) is 0 Å². The number of halogens is 1. The average molecular weight is 306 g/mol. The minimum absolute atomic E-state index is 0.218. The predicted octanol–water partition coefficient (Wildman–Crippen LogP) is 3.87. The van der Waals surface area contributed by atoms with E-state index in [0.29, 0.717) is 11.6 Å². The number of ether oxygens (including phenoxy) is 1. The molecule has 0 saturated heterocycles. The molecule has 0 radical (unpaired) electrons. The van der Waals surface area contributed by atoms with Gasteiger partial charge in [-0.3, -0.25) is 0 Å². The Morgan fingerprint density at radius 2 is 2.05 bits per heavy atom. The smallest absolute Gasteiger partial charge is 0.240 e. The van der Waals surface area contributed by atoms with Crippen molar-refractivity contribution < 1.29 is 4.74 Å². The van der Waals surface area contributed by atoms with Gasteiger partial charge in [0.1, 0.15) is 5.69 Å². The van der Waals surface area contributed by atoms with Gasteiger partial charge in [0, 0.05) is 29.0 Å². The lowest BCUT2D eigenvalue weighted by Gasteiger charge is -2.16. The van der Waals surface area contributed by atoms with Crippen molar-refractivity contribution in [3.05, 3.63) is 41.2 Å². The van der Waals surface area contributed by atoms with Crippen LogP contribution in [0.2, 0.25) is 5.02 Å². The zero-order valence-electron chi connectivity index (χ0n) is 12.6. The Balaban J connectivity index is 2.30. The zero-order chi connectivity index (χ0) is 15.2. The molecule has 0 fully saturated rings. The molecule has 1 atom stereocenters. The molecule has 112 valence electrons. The fourth-order valence-electron chi connectivity index (χ4n) is 2.17. The number of methoxy groups -OCH3 is 1. The summed E-state index contributed by atoms with van der Waals surface area (Å²) >= 11 is 6.42. The van der Waals surface area contributed by atoms with Crippen molar-refractivity contribution in [2.75, 3.05) is 13.7 Å². The van der Waals surface area contributed by atoms with Crippen molar-refractivity contribution in [2.24, 2.45) is 0 Å². The number of nitrogens with zero attached hydrogens (tertiary/aromatic N) is 2. The number of benzene rings is 1. The Morgan fingerprint density at radius 1 is 1.29 bits per heavy atom. The van der Waals surface area contributed by atoms with Gasteiger partial charge in [0.05, 0.1) is 7.11 Å². The maximum absolute atomic E-state index is 6.42. The summed E-state index contributed by atoms with van der Waals surface area (Å²) in [7, 11) is 1.58. The first-order chi connectivity index (χ1) is 10.2. The van der Waals surface area contributed by atoms with E-state index < -0.39 is 0 Å². The third-order valence-electron chi connectivity index (χ3n) is 3.30. The fourth-order valence-corrected chi connectivity index (χ4v) is 2.51. The summed E-state index contributed by atoms with van der Waals surface area (Å²) in [4.78, 5) is 8.48. The molecule has 1 aromatic heterocycles. The van der Waals surface area contributed by atoms with Crippen LogP contribution in [0.5, 0.6) is 5.88 Å². The minimum atomic E-state index is 0.218. The third kappa shape index (κ3) is 3.71. The minimum Gasteiger partial charge on any atom is -0.479 e. The first-order valence-electron chi connectivity index (χ1n) is 7.05. The van der Waals surface area contributed by atoms with Gasteiger partial charge in [-0.15, -0.1) is 0 Å². The van der Waals surface area contributed by atoms with Crippen molar-refractivity contribution in [1.82, 2.24) is 15.3 Å². The van der Waals surface area contributed by atoms with Gasteiger partial charge in [-0.1, -0.05) is 30.7 Å². The van der Waals surface area contributed by atoms with E-state index in [1.54, 1.807) is 19.5 Å². The number of hydrogen-bond acceptors (Lipinski definition) is 4. The molecular weight excluding hydrogens is 286 g/mol. The fraction of sp³-hybridized carbons (Fsp3) is 0.375. The van der Waals surface area contributed by atoms with Crippen LogP contribution in [0.15, 0.2) is 30.6 Å². The molecule has 1 heterocycles. The van der Waals surface area contributed by atoms with Crippen molar-refractivity contribution in [2.45, 2.75) is 26.3 Å². The van der Waals surface area contributed by atoms with E-state index in [1.165, 1.54) is 0 Å². The van der Waals surface area contributed by atoms with Crippen LogP contribution in [0.3, 0.4) is 0 Å². The zero-order valence-corrected chi connectivity index (χ0v) is 13.3. The molecule has 0 saturated carbocycles. The number of rotatable bonds is 6. The van der Waals surface area contributed by atoms with Gasteiger partial charge >= 0.3 is 0 Å². The molecule has 0 aliphatic carbocycles. The summed E-state index contributed by atoms with van der Waals surface area (Å²) in [6.45, 7) is 5.22. The highest BCUT2D eigenvalue weighted by molar-refractivity contribution is 6.31. The topological polar surface area (TPSA) is 47.0 Å². The Kier molecular flexibility index (Phi) is 5.53. The molecule has 21 heavy (non-hydrogen) atoms. The van der Waals surface area contributed by atoms with Crippen LogP contribution in [0.1, 0.15) is 31.9 Å². The summed E-state index contributed by atoms with van der Waals surface area (Å²) < 4.78 is 5.24. The molecule has 1 unspecified atom stereocenters. The molecule has 2 aromatic rings. The van der Waals surface area contributed by atoms with E-state index in [2.05, 4.69) is 29.1 Å². The second kappa shape index (κ2) is 7.38. The van der Waals surface area contributed by atoms with Gasteiger partial charge in [0.2, 0.25) is 5.88 Å². The first-order valence-corrected chi connectivity index (χ1v) is 7.43. The Labute approximate surface area is 130 Å². The van der Waals surface area contributed by atoms with Crippen LogP contribution in [0.25, 0.3) is 11.3 Å². The second-order valence-electron chi connectivity index (χ2n) is 4.83. The third-order valence-corrected chi connectivity index (χ3v) is 3.63. The van der Waals surface area contributed by atoms with Gasteiger partial charge in [0.15, 0.2) is 0 Å². The molecule has 0 aliphatic heterocycles. The number of nitrogens with one attached hydrogen (secondary N) is 1. The Bertz CT molecular complexity index is 604. The summed E-state index contributed by atoms with van der Waals surface area (Å²) in [6.07, 6.45) is 4.34. The second-order valence-corrected chi connectivity index (χ2v) is 5.23. The molecule has 2 rings (SSSR count). The maximum atomic E-state index is 6.42. The van der Waals surface area contributed by atoms with E-state index in [-0.39, 0.29) is 6.04 Å². The van der Waals surface area contributed by atoms with Crippen molar-refractivity contribution in [1.29, 1.82) is 0 Å². The van der Waals surface area contributed by atoms with Crippen molar-refractivity contribution in [3.8, 4) is 17.1 Å². The Morgan fingerprint density at radius 3 is 2.71 bits per heavy atom. The lowest BCUT2D eigenvalue weighted by atomic mass is 10.0. The van der Waals surface area contributed by atoms with Crippen molar-refractivity contribution in [3.63, 3.8) is 0 Å². The van der Waals surface area contributed by atoms with Crippen LogP contribution in [0.4, 0.5) is 0 Å². The standard InChI is InChI=1S/C16H20ClN3O/c1-4-7-18-11(2)13-6-5-12(10-14(13)17)15-16(21-3)20-9-8-19-15/h5-6,8-11,18H,4,7H2,1-3H3. The lowest BCUT2D eigenvalue weighted by Crippen LogP contribution is -2.19. The molecule has 4 nitrogen and oxygen atoms in total. The quantitative estimate of drug-likeness (QED) is 0.880. The van der Waals surface area contributed by atoms with Crippen LogP contribution >= 0.6 is 11.6 Å². The molecule has 0 amide bonds. The van der Waals surface area contributed by atoms with Gasteiger partial charge in [-0.05, 0) is 31.5 Å². The predicted molar refractivity (Wildman–Crippen MR) is 85.7 cm³/mol. The summed E-state index contributed by atoms with van der Waals surface area (Å²) in [5.41, 5.74) is 2.68. The normalized spacial score (nSPS) is 12.2. The lowest BCUT2D eigenvalue weighted by molar-refractivity contribution is 0.398. The van der Waals surface area contributed by atoms with Crippen LogP contribution in [-0.4, -0.2) is 23.6 Å². The van der Waals surface area contributed by atoms with Crippen LogP contribution < -0.4 is 10.1 Å². The molecule has 5 heteroatoms. The molecule has 0 bridgehead atoms. The highest BCUT2D eigenvalue weighted by Gasteiger charge is 2.13. The molecule has 1 N–H and O–H groups in total. The summed E-state index contributed by atoms with van der Waals surface area (Å²) in [5.74, 6) is 0.499. The molecule has 1 aromatic carbocycles. The van der Waals surface area contributed by atoms with E-state index in [4.69, 9.17) is 16.3 Å². The Hall–Kier alpha value is -1.65. The van der Waals surface area contributed by atoms with Gasteiger partial charge in [-0.25, -0.2) is 9.97 Å². The highest BCUT2D eigenvalue weighted by Crippen LogP contribution is 2.31. The van der Waals surface area contributed by atoms with E-state index >= 15 is 0 Å².